The third-order valence-corrected chi connectivity index (χ3v) is 16.4. The van der Waals surface area contributed by atoms with Crippen molar-refractivity contribution < 1.29 is 0 Å². The van der Waals surface area contributed by atoms with Crippen LogP contribution in [0.3, 0.4) is 0 Å². The molecule has 14 rings (SSSR count). The number of benzene rings is 10. The number of anilines is 3. The predicted molar refractivity (Wildman–Crippen MR) is 282 cm³/mol. The Hall–Kier alpha value is -8.00. The van der Waals surface area contributed by atoms with Gasteiger partial charge in [-0.1, -0.05) is 214 Å². The zero-order chi connectivity index (χ0) is 45.2. The van der Waals surface area contributed by atoms with Gasteiger partial charge in [0.25, 0.3) is 0 Å². The summed E-state index contributed by atoms with van der Waals surface area (Å²) >= 11 is 0. The van der Waals surface area contributed by atoms with E-state index in [9.17, 15) is 0 Å². The summed E-state index contributed by atoms with van der Waals surface area (Å²) in [7, 11) is 0. The Kier molecular flexibility index (Phi) is 8.36. The molecule has 10 aromatic carbocycles. The van der Waals surface area contributed by atoms with Crippen LogP contribution in [0.15, 0.2) is 237 Å². The van der Waals surface area contributed by atoms with Crippen molar-refractivity contribution in [1.82, 2.24) is 0 Å². The average Bonchev–Trinajstić information content (AvgIpc) is 4.09. The molecule has 1 heteroatoms. The van der Waals surface area contributed by atoms with E-state index in [4.69, 9.17) is 0 Å². The van der Waals surface area contributed by atoms with E-state index in [0.29, 0.717) is 0 Å². The van der Waals surface area contributed by atoms with Crippen molar-refractivity contribution in [3.05, 3.63) is 292 Å². The molecule has 0 amide bonds. The van der Waals surface area contributed by atoms with E-state index in [1.165, 1.54) is 100 Å². The van der Waals surface area contributed by atoms with Gasteiger partial charge in [-0.3, -0.25) is 0 Å². The summed E-state index contributed by atoms with van der Waals surface area (Å²) in [6, 6.07) is 89.6. The van der Waals surface area contributed by atoms with Gasteiger partial charge in [0.15, 0.2) is 0 Å². The smallest absolute Gasteiger partial charge is 0.0714 e. The van der Waals surface area contributed by atoms with Crippen molar-refractivity contribution in [2.45, 2.75) is 42.9 Å². The molecule has 68 heavy (non-hydrogen) atoms. The van der Waals surface area contributed by atoms with Gasteiger partial charge in [0, 0.05) is 27.9 Å². The lowest BCUT2D eigenvalue weighted by Gasteiger charge is -2.35. The number of rotatable bonds is 6. The number of fused-ring (bicyclic) bond motifs is 13. The van der Waals surface area contributed by atoms with Gasteiger partial charge in [0.2, 0.25) is 0 Å². The molecule has 0 aromatic heterocycles. The number of hydrogen-bond acceptors (Lipinski definition) is 1. The Morgan fingerprint density at radius 3 is 1.49 bits per heavy atom. The molecular formula is C67H49N. The van der Waals surface area contributed by atoms with Gasteiger partial charge in [-0.05, 0) is 149 Å². The highest BCUT2D eigenvalue weighted by Gasteiger charge is 2.49. The highest BCUT2D eigenvalue weighted by atomic mass is 15.1. The van der Waals surface area contributed by atoms with E-state index in [1.807, 2.05) is 0 Å². The molecule has 322 valence electrons. The lowest BCUT2D eigenvalue weighted by Crippen LogP contribution is -2.28. The van der Waals surface area contributed by atoms with Crippen LogP contribution in [0.4, 0.5) is 17.1 Å². The number of hydrogen-bond donors (Lipinski definition) is 0. The second-order valence-corrected chi connectivity index (χ2v) is 19.9. The van der Waals surface area contributed by atoms with E-state index in [2.05, 4.69) is 255 Å². The van der Waals surface area contributed by atoms with Crippen molar-refractivity contribution in [2.75, 3.05) is 4.90 Å². The molecule has 0 bridgehead atoms. The van der Waals surface area contributed by atoms with Crippen LogP contribution < -0.4 is 4.90 Å². The minimum atomic E-state index is -0.519. The summed E-state index contributed by atoms with van der Waals surface area (Å²) in [5, 5.41) is 0. The fourth-order valence-corrected chi connectivity index (χ4v) is 13.6. The normalized spacial score (nSPS) is 16.9. The van der Waals surface area contributed by atoms with Gasteiger partial charge in [0.05, 0.1) is 5.41 Å². The number of aryl methyl sites for hydroxylation is 1. The Bertz CT molecular complexity index is 3610. The minimum Gasteiger partial charge on any atom is -0.310 e. The van der Waals surface area contributed by atoms with E-state index in [1.54, 1.807) is 0 Å². The van der Waals surface area contributed by atoms with Crippen LogP contribution >= 0.6 is 0 Å². The van der Waals surface area contributed by atoms with Gasteiger partial charge >= 0.3 is 0 Å². The summed E-state index contributed by atoms with van der Waals surface area (Å²) < 4.78 is 0. The van der Waals surface area contributed by atoms with Crippen molar-refractivity contribution >= 4 is 17.1 Å². The average molecular weight is 868 g/mol. The molecule has 0 saturated carbocycles. The van der Waals surface area contributed by atoms with Crippen molar-refractivity contribution in [1.29, 1.82) is 0 Å². The maximum absolute atomic E-state index is 2.54. The SMILES string of the molecule is CC1(C)c2ccccc2-c2cccc(-c3ccc(N(c4ccc5c(c4)C4(CCc6ccccc64)c4ccccc4-5)c4ccc5c(c4)C(c4ccccc4)(c4ccccc4)c4ccccc4-5)cc3)c21. The third kappa shape index (κ3) is 5.22. The third-order valence-electron chi connectivity index (χ3n) is 16.4. The summed E-state index contributed by atoms with van der Waals surface area (Å²) in [4.78, 5) is 2.53. The number of nitrogens with zero attached hydrogens (tertiary/aromatic N) is 1. The molecule has 1 nitrogen and oxygen atoms in total. The van der Waals surface area contributed by atoms with Crippen molar-refractivity contribution in [2.24, 2.45) is 0 Å². The molecular weight excluding hydrogens is 819 g/mol. The summed E-state index contributed by atoms with van der Waals surface area (Å²) in [5.41, 5.74) is 26.7. The highest BCUT2D eigenvalue weighted by Crippen LogP contribution is 2.61. The van der Waals surface area contributed by atoms with Gasteiger partial charge in [-0.15, -0.1) is 0 Å². The topological polar surface area (TPSA) is 3.24 Å². The van der Waals surface area contributed by atoms with Crippen LogP contribution in [0.25, 0.3) is 44.5 Å². The van der Waals surface area contributed by atoms with Crippen LogP contribution in [0.5, 0.6) is 0 Å². The van der Waals surface area contributed by atoms with Crippen LogP contribution in [0.2, 0.25) is 0 Å². The highest BCUT2D eigenvalue weighted by molar-refractivity contribution is 5.93. The monoisotopic (exact) mass is 867 g/mol. The zero-order valence-electron chi connectivity index (χ0n) is 38.4. The summed E-state index contributed by atoms with van der Waals surface area (Å²) in [6.45, 7) is 4.77. The summed E-state index contributed by atoms with van der Waals surface area (Å²) in [5.74, 6) is 0. The second-order valence-electron chi connectivity index (χ2n) is 19.9. The van der Waals surface area contributed by atoms with Gasteiger partial charge < -0.3 is 4.90 Å². The molecule has 0 N–H and O–H groups in total. The largest absolute Gasteiger partial charge is 0.310 e. The first-order valence-electron chi connectivity index (χ1n) is 24.3. The van der Waals surface area contributed by atoms with E-state index in [-0.39, 0.29) is 10.8 Å². The molecule has 1 unspecified atom stereocenters. The van der Waals surface area contributed by atoms with Crippen LogP contribution in [-0.4, -0.2) is 0 Å². The van der Waals surface area contributed by atoms with Crippen molar-refractivity contribution in [3.8, 4) is 44.5 Å². The van der Waals surface area contributed by atoms with Crippen molar-refractivity contribution in [3.63, 3.8) is 0 Å². The maximum atomic E-state index is 2.54. The van der Waals surface area contributed by atoms with E-state index < -0.39 is 5.41 Å². The molecule has 0 fully saturated rings. The molecule has 1 spiro atoms. The quantitative estimate of drug-likeness (QED) is 0.161. The zero-order valence-corrected chi connectivity index (χ0v) is 38.4. The van der Waals surface area contributed by atoms with Crippen LogP contribution in [-0.2, 0) is 22.7 Å². The molecule has 0 aliphatic heterocycles. The lowest BCUT2D eigenvalue weighted by molar-refractivity contribution is 0.626. The standard InChI is InChI=1S/C67H49N/c1-65(2)59-29-14-10-25-54(59)57-27-17-26-51(64(57)65)44-32-34-48(35-33-44)68(49-36-38-55-52-23-11-15-30-60(52)66(62(55)42-49)41-40-45-18-9-13-28-58(45)66)50-37-39-56-53-24-12-16-31-61(53)67(63(56)43-50,46-19-5-3-6-20-46)47-21-7-4-8-22-47/h3-39,42-43H,40-41H2,1-2H3. The Balaban J connectivity index is 0.994. The first-order valence-corrected chi connectivity index (χ1v) is 24.3. The fraction of sp³-hybridized carbons (Fsp3) is 0.104. The molecule has 1 atom stereocenters. The molecule has 0 heterocycles. The first-order chi connectivity index (χ1) is 33.5. The Morgan fingerprint density at radius 1 is 0.338 bits per heavy atom. The van der Waals surface area contributed by atoms with Gasteiger partial charge in [0.1, 0.15) is 0 Å². The summed E-state index contributed by atoms with van der Waals surface area (Å²) in [6.07, 6.45) is 2.13. The first kappa shape index (κ1) is 39.2. The lowest BCUT2D eigenvalue weighted by atomic mass is 9.67. The molecule has 0 radical (unpaired) electrons. The van der Waals surface area contributed by atoms with Gasteiger partial charge in [-0.25, -0.2) is 0 Å². The molecule has 10 aromatic rings. The van der Waals surface area contributed by atoms with Crippen LogP contribution in [0, 0.1) is 0 Å². The molecule has 4 aliphatic rings. The second kappa shape index (κ2) is 14.5. The predicted octanol–water partition coefficient (Wildman–Crippen LogP) is 16.8. The van der Waals surface area contributed by atoms with Gasteiger partial charge in [-0.2, -0.15) is 0 Å². The fourth-order valence-electron chi connectivity index (χ4n) is 13.6. The molecule has 4 aliphatic carbocycles. The van der Waals surface area contributed by atoms with E-state index >= 15 is 0 Å². The Morgan fingerprint density at radius 2 is 0.809 bits per heavy atom. The minimum absolute atomic E-state index is 0.115. The Labute approximate surface area is 399 Å². The van der Waals surface area contributed by atoms with Crippen LogP contribution in [0.1, 0.15) is 75.9 Å². The molecule has 0 saturated heterocycles. The maximum Gasteiger partial charge on any atom is 0.0714 e. The van der Waals surface area contributed by atoms with E-state index in [0.717, 1.165) is 29.9 Å².